The van der Waals surface area contributed by atoms with Crippen molar-refractivity contribution in [3.05, 3.63) is 24.3 Å². The number of nitrogens with one attached hydrogen (secondary N) is 2. The molecule has 4 nitrogen and oxygen atoms in total. The van der Waals surface area contributed by atoms with Crippen molar-refractivity contribution < 1.29 is 4.79 Å². The summed E-state index contributed by atoms with van der Waals surface area (Å²) in [5.41, 5.74) is 0.721. The highest BCUT2D eigenvalue weighted by molar-refractivity contribution is 5.96. The van der Waals surface area contributed by atoms with Gasteiger partial charge in [-0.05, 0) is 0 Å². The van der Waals surface area contributed by atoms with Crippen LogP contribution in [0.1, 0.15) is 13.8 Å². The van der Waals surface area contributed by atoms with Crippen molar-refractivity contribution in [3.8, 4) is 0 Å². The van der Waals surface area contributed by atoms with Crippen LogP contribution < -0.4 is 10.6 Å². The molecule has 0 saturated carbocycles. The summed E-state index contributed by atoms with van der Waals surface area (Å²) in [5, 5.41) is 6.31. The second-order valence-corrected chi connectivity index (χ2v) is 3.89. The van der Waals surface area contributed by atoms with Crippen molar-refractivity contribution in [2.45, 2.75) is 20.0 Å². The van der Waals surface area contributed by atoms with Gasteiger partial charge in [-0.15, -0.1) is 0 Å². The summed E-state index contributed by atoms with van der Waals surface area (Å²) in [6.45, 7) is 4.65. The molecule has 14 heavy (non-hydrogen) atoms. The van der Waals surface area contributed by atoms with Crippen LogP contribution in [-0.2, 0) is 4.79 Å². The number of nitrogens with zero attached hydrogens (tertiary/aromatic N) is 1. The van der Waals surface area contributed by atoms with Gasteiger partial charge < -0.3 is 15.5 Å². The van der Waals surface area contributed by atoms with Gasteiger partial charge in [0, 0.05) is 24.5 Å². The number of carbonyl (C=O) groups is 1. The molecular formula is C10H15N3O. The molecule has 4 heteroatoms. The fraction of sp³-hybridized carbons (Fsp3) is 0.500. The van der Waals surface area contributed by atoms with Crippen LogP contribution in [-0.4, -0.2) is 23.4 Å². The second-order valence-electron chi connectivity index (χ2n) is 3.89. The molecule has 0 bridgehead atoms. The van der Waals surface area contributed by atoms with Crippen molar-refractivity contribution in [2.24, 2.45) is 5.92 Å². The van der Waals surface area contributed by atoms with E-state index in [0.29, 0.717) is 0 Å². The molecule has 2 aliphatic rings. The third kappa shape index (κ3) is 1.47. The van der Waals surface area contributed by atoms with Crippen molar-refractivity contribution in [1.82, 2.24) is 15.5 Å². The average molecular weight is 193 g/mol. The highest BCUT2D eigenvalue weighted by Gasteiger charge is 2.27. The van der Waals surface area contributed by atoms with Crippen LogP contribution in [0.15, 0.2) is 24.3 Å². The molecule has 0 radical (unpaired) electrons. The van der Waals surface area contributed by atoms with Gasteiger partial charge in [0.05, 0.1) is 12.2 Å². The molecule has 0 fully saturated rings. The normalized spacial score (nSPS) is 24.1. The Hall–Kier alpha value is -1.45. The number of Topliss-reactive ketones (excluding diaryl/α,β-unsaturated/α-hetero) is 1. The maximum atomic E-state index is 11.7. The molecule has 2 heterocycles. The minimum Gasteiger partial charge on any atom is -0.386 e. The SMILES string of the molecule is CC(C)C(=O)C1=CN2C=CNCC2N1. The topological polar surface area (TPSA) is 44.4 Å². The van der Waals surface area contributed by atoms with E-state index in [2.05, 4.69) is 10.6 Å². The van der Waals surface area contributed by atoms with Crippen molar-refractivity contribution >= 4 is 5.78 Å². The number of allylic oxidation sites excluding steroid dienone is 1. The van der Waals surface area contributed by atoms with Crippen LogP contribution in [0.5, 0.6) is 0 Å². The summed E-state index contributed by atoms with van der Waals surface area (Å²) < 4.78 is 0. The summed E-state index contributed by atoms with van der Waals surface area (Å²) in [4.78, 5) is 13.7. The van der Waals surface area contributed by atoms with Crippen LogP contribution in [0.2, 0.25) is 0 Å². The minimum atomic E-state index is 0.0482. The molecule has 2 rings (SSSR count). The molecule has 0 aromatic rings. The highest BCUT2D eigenvalue weighted by atomic mass is 16.1. The molecular weight excluding hydrogens is 178 g/mol. The second kappa shape index (κ2) is 3.36. The van der Waals surface area contributed by atoms with E-state index >= 15 is 0 Å². The fourth-order valence-corrected chi connectivity index (χ4v) is 1.60. The Kier molecular flexibility index (Phi) is 2.19. The Morgan fingerprint density at radius 2 is 2.43 bits per heavy atom. The lowest BCUT2D eigenvalue weighted by Gasteiger charge is -2.25. The number of carbonyl (C=O) groups excluding carboxylic acids is 1. The lowest BCUT2D eigenvalue weighted by atomic mass is 10.1. The summed E-state index contributed by atoms with van der Waals surface area (Å²) in [6, 6.07) is 0. The monoisotopic (exact) mass is 193 g/mol. The molecule has 0 saturated heterocycles. The minimum absolute atomic E-state index is 0.0482. The zero-order valence-corrected chi connectivity index (χ0v) is 8.45. The zero-order valence-electron chi connectivity index (χ0n) is 8.45. The summed E-state index contributed by atoms with van der Waals surface area (Å²) in [7, 11) is 0. The Morgan fingerprint density at radius 3 is 3.07 bits per heavy atom. The molecule has 2 aliphatic heterocycles. The average Bonchev–Trinajstić information content (AvgIpc) is 2.59. The Labute approximate surface area is 83.7 Å². The van der Waals surface area contributed by atoms with Gasteiger partial charge in [0.25, 0.3) is 0 Å². The molecule has 0 spiro atoms. The van der Waals surface area contributed by atoms with Crippen LogP contribution >= 0.6 is 0 Å². The van der Waals surface area contributed by atoms with Crippen LogP contribution in [0.3, 0.4) is 0 Å². The maximum Gasteiger partial charge on any atom is 0.182 e. The van der Waals surface area contributed by atoms with E-state index in [1.165, 1.54) is 0 Å². The Morgan fingerprint density at radius 1 is 1.64 bits per heavy atom. The van der Waals surface area contributed by atoms with Crippen LogP contribution in [0, 0.1) is 5.92 Å². The molecule has 76 valence electrons. The largest absolute Gasteiger partial charge is 0.386 e. The zero-order chi connectivity index (χ0) is 10.1. The molecule has 0 aliphatic carbocycles. The van der Waals surface area contributed by atoms with Crippen molar-refractivity contribution in [3.63, 3.8) is 0 Å². The third-order valence-corrected chi connectivity index (χ3v) is 2.43. The van der Waals surface area contributed by atoms with Gasteiger partial charge in [0.2, 0.25) is 0 Å². The number of fused-ring (bicyclic) bond motifs is 1. The van der Waals surface area contributed by atoms with Crippen LogP contribution in [0.4, 0.5) is 0 Å². The van der Waals surface area contributed by atoms with Gasteiger partial charge in [0.1, 0.15) is 6.17 Å². The molecule has 0 amide bonds. The first-order chi connectivity index (χ1) is 6.68. The van der Waals surface area contributed by atoms with E-state index in [0.717, 1.165) is 12.2 Å². The fourth-order valence-electron chi connectivity index (χ4n) is 1.60. The smallest absolute Gasteiger partial charge is 0.182 e. The predicted octanol–water partition coefficient (Wildman–Crippen LogP) is 0.359. The number of ketones is 1. The highest BCUT2D eigenvalue weighted by Crippen LogP contribution is 2.16. The summed E-state index contributed by atoms with van der Waals surface area (Å²) in [5.74, 6) is 0.222. The third-order valence-electron chi connectivity index (χ3n) is 2.43. The number of rotatable bonds is 2. The van der Waals surface area contributed by atoms with Gasteiger partial charge in [-0.3, -0.25) is 4.79 Å². The quantitative estimate of drug-likeness (QED) is 0.664. The lowest BCUT2D eigenvalue weighted by molar-refractivity contribution is -0.118. The maximum absolute atomic E-state index is 11.7. The molecule has 2 N–H and O–H groups in total. The molecule has 0 aromatic heterocycles. The first kappa shape index (κ1) is 9.12. The van der Waals surface area contributed by atoms with Gasteiger partial charge in [-0.1, -0.05) is 13.8 Å². The summed E-state index contributed by atoms with van der Waals surface area (Å²) >= 11 is 0. The van der Waals surface area contributed by atoms with Gasteiger partial charge in [-0.2, -0.15) is 0 Å². The standard InChI is InChI=1S/C10H15N3O/c1-7(2)10(14)8-6-13-4-3-11-5-9(13)12-8/h3-4,6-7,9,11-12H,5H2,1-2H3. The molecule has 0 aromatic carbocycles. The molecule has 1 atom stereocenters. The summed E-state index contributed by atoms with van der Waals surface area (Å²) in [6.07, 6.45) is 5.89. The first-order valence-electron chi connectivity index (χ1n) is 4.88. The van der Waals surface area contributed by atoms with Crippen LogP contribution in [0.25, 0.3) is 0 Å². The number of hydrogen-bond acceptors (Lipinski definition) is 4. The van der Waals surface area contributed by atoms with E-state index in [1.807, 2.05) is 37.3 Å². The molecule has 1 unspecified atom stereocenters. The Balaban J connectivity index is 2.11. The lowest BCUT2D eigenvalue weighted by Crippen LogP contribution is -2.44. The van der Waals surface area contributed by atoms with E-state index in [-0.39, 0.29) is 17.9 Å². The van der Waals surface area contributed by atoms with Gasteiger partial charge in [0.15, 0.2) is 5.78 Å². The van der Waals surface area contributed by atoms with Gasteiger partial charge in [-0.25, -0.2) is 0 Å². The Bertz CT molecular complexity index is 306. The number of hydrogen-bond donors (Lipinski definition) is 2. The van der Waals surface area contributed by atoms with E-state index in [9.17, 15) is 4.79 Å². The van der Waals surface area contributed by atoms with E-state index in [4.69, 9.17) is 0 Å². The van der Waals surface area contributed by atoms with Gasteiger partial charge >= 0.3 is 0 Å². The van der Waals surface area contributed by atoms with Crippen molar-refractivity contribution in [2.75, 3.05) is 6.54 Å². The van der Waals surface area contributed by atoms with E-state index < -0.39 is 0 Å². The predicted molar refractivity (Wildman–Crippen MR) is 53.8 cm³/mol. The van der Waals surface area contributed by atoms with E-state index in [1.54, 1.807) is 0 Å². The van der Waals surface area contributed by atoms with Crippen molar-refractivity contribution in [1.29, 1.82) is 0 Å². The first-order valence-corrected chi connectivity index (χ1v) is 4.88.